The van der Waals surface area contributed by atoms with E-state index in [1.54, 1.807) is 16.9 Å². The molecule has 27 heavy (non-hydrogen) atoms. The summed E-state index contributed by atoms with van der Waals surface area (Å²) in [6, 6.07) is 17.0. The summed E-state index contributed by atoms with van der Waals surface area (Å²) < 4.78 is 1.78. The SMILES string of the molecule is Cc1nc2ccc(Cl)cc2cc1C(=O)NCc1ccccc1-n1cccn1. The summed E-state index contributed by atoms with van der Waals surface area (Å²) in [5.41, 5.74) is 3.95. The van der Waals surface area contributed by atoms with Gasteiger partial charge in [0.2, 0.25) is 0 Å². The van der Waals surface area contributed by atoms with Gasteiger partial charge in [-0.1, -0.05) is 29.8 Å². The first kappa shape index (κ1) is 17.2. The molecule has 0 spiro atoms. The maximum atomic E-state index is 12.8. The van der Waals surface area contributed by atoms with E-state index in [0.717, 1.165) is 22.2 Å². The van der Waals surface area contributed by atoms with Gasteiger partial charge in [-0.05, 0) is 48.9 Å². The van der Waals surface area contributed by atoms with Gasteiger partial charge in [0, 0.05) is 29.3 Å². The van der Waals surface area contributed by atoms with Crippen molar-refractivity contribution in [3.8, 4) is 5.69 Å². The van der Waals surface area contributed by atoms with Crippen molar-refractivity contribution in [1.82, 2.24) is 20.1 Å². The number of amides is 1. The van der Waals surface area contributed by atoms with Crippen LogP contribution in [0.1, 0.15) is 21.6 Å². The third-order valence-electron chi connectivity index (χ3n) is 4.39. The highest BCUT2D eigenvalue weighted by atomic mass is 35.5. The fraction of sp³-hybridized carbons (Fsp3) is 0.0952. The number of halogens is 1. The van der Waals surface area contributed by atoms with Gasteiger partial charge in [0.25, 0.3) is 5.91 Å². The molecule has 0 aliphatic heterocycles. The van der Waals surface area contributed by atoms with Gasteiger partial charge < -0.3 is 5.32 Å². The molecule has 0 aliphatic rings. The number of pyridine rings is 1. The number of hydrogen-bond donors (Lipinski definition) is 1. The van der Waals surface area contributed by atoms with Crippen LogP contribution in [0.15, 0.2) is 67.0 Å². The molecule has 6 heteroatoms. The number of aryl methyl sites for hydroxylation is 1. The van der Waals surface area contributed by atoms with E-state index in [4.69, 9.17) is 11.6 Å². The van der Waals surface area contributed by atoms with Crippen molar-refractivity contribution < 1.29 is 4.79 Å². The number of carbonyl (C=O) groups excluding carboxylic acids is 1. The summed E-state index contributed by atoms with van der Waals surface area (Å²) in [7, 11) is 0. The Labute approximate surface area is 161 Å². The van der Waals surface area contributed by atoms with Crippen LogP contribution in [-0.4, -0.2) is 20.7 Å². The standard InChI is InChI=1S/C21H17ClN4O/c1-14-18(12-16-11-17(22)7-8-19(16)25-14)21(27)23-13-15-5-2-3-6-20(15)26-10-4-9-24-26/h2-12H,13H2,1H3,(H,23,27). The van der Waals surface area contributed by atoms with Gasteiger partial charge in [-0.25, -0.2) is 4.68 Å². The lowest BCUT2D eigenvalue weighted by Crippen LogP contribution is -2.24. The summed E-state index contributed by atoms with van der Waals surface area (Å²) in [6.07, 6.45) is 3.60. The van der Waals surface area contributed by atoms with Gasteiger partial charge in [-0.15, -0.1) is 0 Å². The average Bonchev–Trinajstić information content (AvgIpc) is 3.21. The van der Waals surface area contributed by atoms with E-state index in [2.05, 4.69) is 15.4 Å². The monoisotopic (exact) mass is 376 g/mol. The van der Waals surface area contributed by atoms with Crippen LogP contribution in [0.25, 0.3) is 16.6 Å². The lowest BCUT2D eigenvalue weighted by molar-refractivity contribution is 0.0950. The van der Waals surface area contributed by atoms with Gasteiger partial charge >= 0.3 is 0 Å². The molecule has 134 valence electrons. The third kappa shape index (κ3) is 3.55. The molecule has 0 fully saturated rings. The predicted molar refractivity (Wildman–Crippen MR) is 106 cm³/mol. The van der Waals surface area contributed by atoms with Crippen molar-refractivity contribution in [3.63, 3.8) is 0 Å². The summed E-state index contributed by atoms with van der Waals surface area (Å²) in [5.74, 6) is -0.169. The van der Waals surface area contributed by atoms with Crippen molar-refractivity contribution in [2.45, 2.75) is 13.5 Å². The van der Waals surface area contributed by atoms with Gasteiger partial charge in [0.1, 0.15) is 0 Å². The van der Waals surface area contributed by atoms with Crippen LogP contribution in [-0.2, 0) is 6.54 Å². The highest BCUT2D eigenvalue weighted by Crippen LogP contribution is 2.21. The summed E-state index contributed by atoms with van der Waals surface area (Å²) in [4.78, 5) is 17.3. The van der Waals surface area contributed by atoms with Crippen LogP contribution >= 0.6 is 11.6 Å². The molecule has 2 aromatic heterocycles. The van der Waals surface area contributed by atoms with Gasteiger partial charge in [0.05, 0.1) is 22.5 Å². The van der Waals surface area contributed by atoms with Crippen LogP contribution in [0.4, 0.5) is 0 Å². The molecule has 0 bridgehead atoms. The summed E-state index contributed by atoms with van der Waals surface area (Å²) >= 11 is 6.06. The van der Waals surface area contributed by atoms with Crippen molar-refractivity contribution >= 4 is 28.4 Å². The number of aromatic nitrogens is 3. The van der Waals surface area contributed by atoms with Crippen LogP contribution in [0.5, 0.6) is 0 Å². The molecule has 2 heterocycles. The number of para-hydroxylation sites is 1. The zero-order valence-electron chi connectivity index (χ0n) is 14.7. The molecule has 4 rings (SSSR count). The highest BCUT2D eigenvalue weighted by molar-refractivity contribution is 6.31. The second kappa shape index (κ2) is 7.21. The number of benzene rings is 2. The van der Waals surface area contributed by atoms with Crippen LogP contribution in [0.2, 0.25) is 5.02 Å². The number of nitrogens with zero attached hydrogens (tertiary/aromatic N) is 3. The Morgan fingerprint density at radius 3 is 2.81 bits per heavy atom. The first-order valence-electron chi connectivity index (χ1n) is 8.55. The van der Waals surface area contributed by atoms with Crippen LogP contribution < -0.4 is 5.32 Å². The van der Waals surface area contributed by atoms with Crippen molar-refractivity contribution in [2.24, 2.45) is 0 Å². The van der Waals surface area contributed by atoms with E-state index in [9.17, 15) is 4.79 Å². The largest absolute Gasteiger partial charge is 0.348 e. The van der Waals surface area contributed by atoms with Crippen LogP contribution in [0.3, 0.4) is 0 Å². The Kier molecular flexibility index (Phi) is 4.60. The van der Waals surface area contributed by atoms with E-state index < -0.39 is 0 Å². The number of hydrogen-bond acceptors (Lipinski definition) is 3. The molecule has 2 aromatic carbocycles. The van der Waals surface area contributed by atoms with Crippen molar-refractivity contribution in [3.05, 3.63) is 88.8 Å². The smallest absolute Gasteiger partial charge is 0.253 e. The molecule has 1 N–H and O–H groups in total. The fourth-order valence-corrected chi connectivity index (χ4v) is 3.22. The summed E-state index contributed by atoms with van der Waals surface area (Å²) in [6.45, 7) is 2.22. The first-order valence-corrected chi connectivity index (χ1v) is 8.92. The molecule has 0 saturated heterocycles. The third-order valence-corrected chi connectivity index (χ3v) is 4.63. The molecule has 0 radical (unpaired) electrons. The topological polar surface area (TPSA) is 59.8 Å². The molecule has 0 atom stereocenters. The number of carbonyl (C=O) groups is 1. The quantitative estimate of drug-likeness (QED) is 0.577. The molecule has 0 unspecified atom stereocenters. The number of rotatable bonds is 4. The molecule has 1 amide bonds. The van der Waals surface area contributed by atoms with E-state index >= 15 is 0 Å². The van der Waals surface area contributed by atoms with E-state index in [-0.39, 0.29) is 5.91 Å². The minimum absolute atomic E-state index is 0.169. The van der Waals surface area contributed by atoms with E-state index in [0.29, 0.717) is 22.8 Å². The molecule has 0 saturated carbocycles. The number of nitrogens with one attached hydrogen (secondary N) is 1. The summed E-state index contributed by atoms with van der Waals surface area (Å²) in [5, 5.41) is 8.72. The first-order chi connectivity index (χ1) is 13.1. The second-order valence-electron chi connectivity index (χ2n) is 6.22. The van der Waals surface area contributed by atoms with Gasteiger partial charge in [-0.2, -0.15) is 5.10 Å². The highest BCUT2D eigenvalue weighted by Gasteiger charge is 2.13. The zero-order valence-corrected chi connectivity index (χ0v) is 15.4. The Balaban J connectivity index is 1.59. The molecular weight excluding hydrogens is 360 g/mol. The second-order valence-corrected chi connectivity index (χ2v) is 6.66. The lowest BCUT2D eigenvalue weighted by atomic mass is 10.1. The Morgan fingerprint density at radius 1 is 1.15 bits per heavy atom. The number of fused-ring (bicyclic) bond motifs is 1. The predicted octanol–water partition coefficient (Wildman–Crippen LogP) is 4.31. The normalized spacial score (nSPS) is 10.9. The fourth-order valence-electron chi connectivity index (χ4n) is 3.04. The Hall–Kier alpha value is -3.18. The van der Waals surface area contributed by atoms with Crippen LogP contribution in [0, 0.1) is 6.92 Å². The molecular formula is C21H17ClN4O. The Bertz CT molecular complexity index is 1120. The van der Waals surface area contributed by atoms with Crippen molar-refractivity contribution in [2.75, 3.05) is 0 Å². The van der Waals surface area contributed by atoms with E-state index in [1.807, 2.05) is 61.7 Å². The van der Waals surface area contributed by atoms with E-state index in [1.165, 1.54) is 0 Å². The average molecular weight is 377 g/mol. The molecule has 0 aliphatic carbocycles. The zero-order chi connectivity index (χ0) is 18.8. The molecule has 4 aromatic rings. The minimum Gasteiger partial charge on any atom is -0.348 e. The minimum atomic E-state index is -0.169. The van der Waals surface area contributed by atoms with Gasteiger partial charge in [0.15, 0.2) is 0 Å². The van der Waals surface area contributed by atoms with Gasteiger partial charge in [-0.3, -0.25) is 9.78 Å². The lowest BCUT2D eigenvalue weighted by Gasteiger charge is -2.12. The maximum Gasteiger partial charge on any atom is 0.253 e. The Morgan fingerprint density at radius 2 is 2.00 bits per heavy atom. The van der Waals surface area contributed by atoms with Crippen molar-refractivity contribution in [1.29, 1.82) is 0 Å². The maximum absolute atomic E-state index is 12.8. The molecule has 5 nitrogen and oxygen atoms in total.